The van der Waals surface area contributed by atoms with E-state index >= 15 is 0 Å². The van der Waals surface area contributed by atoms with Gasteiger partial charge in [-0.25, -0.2) is 4.98 Å². The molecule has 0 atom stereocenters. The number of benzene rings is 2. The first kappa shape index (κ1) is 19.9. The van der Waals surface area contributed by atoms with E-state index in [1.165, 1.54) is 10.3 Å². The van der Waals surface area contributed by atoms with Crippen molar-refractivity contribution in [2.45, 2.75) is 16.5 Å². The van der Waals surface area contributed by atoms with Crippen molar-refractivity contribution in [1.82, 2.24) is 15.2 Å². The Labute approximate surface area is 181 Å². The second-order valence-electron chi connectivity index (χ2n) is 6.10. The lowest BCUT2D eigenvalue weighted by molar-refractivity contribution is 0.354. The van der Waals surface area contributed by atoms with Crippen LogP contribution in [-0.4, -0.2) is 35.9 Å². The lowest BCUT2D eigenvalue weighted by Crippen LogP contribution is -2.04. The van der Waals surface area contributed by atoms with Crippen LogP contribution in [0.1, 0.15) is 10.6 Å². The van der Waals surface area contributed by atoms with E-state index in [9.17, 15) is 0 Å². The van der Waals surface area contributed by atoms with Gasteiger partial charge >= 0.3 is 0 Å². The zero-order valence-corrected chi connectivity index (χ0v) is 18.5. The van der Waals surface area contributed by atoms with Gasteiger partial charge in [0.2, 0.25) is 5.13 Å². The summed E-state index contributed by atoms with van der Waals surface area (Å²) in [6, 6.07) is 14.2. The van der Waals surface area contributed by atoms with Crippen molar-refractivity contribution in [3.8, 4) is 11.5 Å². The molecule has 29 heavy (non-hydrogen) atoms. The molecule has 0 aliphatic heterocycles. The summed E-state index contributed by atoms with van der Waals surface area (Å²) in [6.45, 7) is 0.770. The van der Waals surface area contributed by atoms with E-state index in [1.54, 1.807) is 48.7 Å². The second kappa shape index (κ2) is 9.43. The Morgan fingerprint density at radius 3 is 2.69 bits per heavy atom. The third kappa shape index (κ3) is 4.98. The maximum absolute atomic E-state index is 5.35. The Bertz CT molecular complexity index is 1060. The zero-order chi connectivity index (χ0) is 20.1. The molecule has 1 N–H and O–H groups in total. The highest BCUT2D eigenvalue weighted by Gasteiger charge is 2.09. The minimum atomic E-state index is 0.739. The number of methoxy groups -OCH3 is 2. The summed E-state index contributed by atoms with van der Waals surface area (Å²) in [6.07, 6.45) is 0.855. The van der Waals surface area contributed by atoms with Crippen LogP contribution in [-0.2, 0) is 12.2 Å². The van der Waals surface area contributed by atoms with E-state index in [0.29, 0.717) is 0 Å². The van der Waals surface area contributed by atoms with Crippen molar-refractivity contribution in [1.29, 1.82) is 0 Å². The topological polar surface area (TPSA) is 69.2 Å². The highest BCUT2D eigenvalue weighted by molar-refractivity contribution is 8.00. The van der Waals surface area contributed by atoms with Crippen LogP contribution < -0.4 is 14.8 Å². The van der Waals surface area contributed by atoms with Crippen LogP contribution in [0.3, 0.4) is 0 Å². The van der Waals surface area contributed by atoms with Crippen molar-refractivity contribution in [2.75, 3.05) is 26.1 Å². The Hall–Kier alpha value is -2.36. The Morgan fingerprint density at radius 1 is 1.00 bits per heavy atom. The van der Waals surface area contributed by atoms with E-state index in [0.717, 1.165) is 50.2 Å². The number of hydrogen-bond donors (Lipinski definition) is 1. The molecule has 0 saturated carbocycles. The number of thiazole rings is 1. The van der Waals surface area contributed by atoms with Gasteiger partial charge in [0, 0.05) is 6.54 Å². The molecular formula is C20H20N4O2S3. The second-order valence-corrected chi connectivity index (χ2v) is 9.42. The molecule has 6 nitrogen and oxygen atoms in total. The summed E-state index contributed by atoms with van der Waals surface area (Å²) in [4.78, 5) is 4.66. The van der Waals surface area contributed by atoms with Crippen LogP contribution in [0, 0.1) is 0 Å². The Morgan fingerprint density at radius 2 is 1.86 bits per heavy atom. The number of rotatable bonds is 9. The lowest BCUT2D eigenvalue weighted by Gasteiger charge is -2.09. The molecule has 2 aromatic heterocycles. The number of aromatic nitrogens is 3. The van der Waals surface area contributed by atoms with Crippen LogP contribution in [0.4, 0.5) is 5.13 Å². The number of anilines is 1. The molecule has 0 amide bonds. The Kier molecular flexibility index (Phi) is 6.48. The fourth-order valence-electron chi connectivity index (χ4n) is 2.79. The maximum atomic E-state index is 5.35. The first-order chi connectivity index (χ1) is 14.2. The molecule has 0 spiro atoms. The number of ether oxygens (including phenoxy) is 2. The first-order valence-electron chi connectivity index (χ1n) is 9.00. The third-order valence-corrected chi connectivity index (χ3v) is 7.45. The number of thioether (sulfide) groups is 1. The molecule has 0 unspecified atom stereocenters. The predicted molar refractivity (Wildman–Crippen MR) is 121 cm³/mol. The van der Waals surface area contributed by atoms with Gasteiger partial charge in [-0.15, -0.1) is 21.5 Å². The van der Waals surface area contributed by atoms with Crippen molar-refractivity contribution >= 4 is 49.8 Å². The minimum Gasteiger partial charge on any atom is -0.493 e. The predicted octanol–water partition coefficient (Wildman–Crippen LogP) is 5.11. The number of fused-ring (bicyclic) bond motifs is 1. The minimum absolute atomic E-state index is 0.739. The smallest absolute Gasteiger partial charge is 0.206 e. The van der Waals surface area contributed by atoms with Crippen LogP contribution in [0.15, 0.2) is 46.8 Å². The van der Waals surface area contributed by atoms with Gasteiger partial charge < -0.3 is 14.8 Å². The van der Waals surface area contributed by atoms with Gasteiger partial charge in [-0.1, -0.05) is 41.3 Å². The maximum Gasteiger partial charge on any atom is 0.206 e. The van der Waals surface area contributed by atoms with Gasteiger partial charge in [-0.2, -0.15) is 0 Å². The summed E-state index contributed by atoms with van der Waals surface area (Å²) in [7, 11) is 3.29. The van der Waals surface area contributed by atoms with Crippen molar-refractivity contribution in [3.05, 3.63) is 53.0 Å². The van der Waals surface area contributed by atoms with Crippen molar-refractivity contribution < 1.29 is 9.47 Å². The normalized spacial score (nSPS) is 11.0. The number of nitrogens with zero attached hydrogens (tertiary/aromatic N) is 3. The highest BCUT2D eigenvalue weighted by atomic mass is 32.2. The molecule has 4 aromatic rings. The highest BCUT2D eigenvalue weighted by Crippen LogP contribution is 2.31. The molecule has 0 aliphatic rings. The van der Waals surface area contributed by atoms with Crippen LogP contribution >= 0.6 is 34.4 Å². The molecular weight excluding hydrogens is 424 g/mol. The molecule has 0 fully saturated rings. The summed E-state index contributed by atoms with van der Waals surface area (Å²) in [5, 5.41) is 13.8. The average molecular weight is 445 g/mol. The third-order valence-electron chi connectivity index (χ3n) is 4.20. The van der Waals surface area contributed by atoms with Gasteiger partial charge in [-0.3, -0.25) is 0 Å². The summed E-state index contributed by atoms with van der Waals surface area (Å²) in [5.41, 5.74) is 2.23. The summed E-state index contributed by atoms with van der Waals surface area (Å²) < 4.78 is 12.8. The monoisotopic (exact) mass is 444 g/mol. The average Bonchev–Trinajstić information content (AvgIpc) is 3.38. The molecule has 0 radical (unpaired) electrons. The van der Waals surface area contributed by atoms with Crippen molar-refractivity contribution in [3.63, 3.8) is 0 Å². The SMILES string of the molecule is COc1ccc(CCNc2nnc(SCc3nc4ccccc4s3)s2)cc1OC. The summed E-state index contributed by atoms with van der Waals surface area (Å²) in [5.74, 6) is 2.29. The molecule has 2 heterocycles. The van der Waals surface area contributed by atoms with Crippen molar-refractivity contribution in [2.24, 2.45) is 0 Å². The molecule has 0 aliphatic carbocycles. The molecule has 0 bridgehead atoms. The zero-order valence-electron chi connectivity index (χ0n) is 16.0. The largest absolute Gasteiger partial charge is 0.493 e. The van der Waals surface area contributed by atoms with E-state index in [1.807, 2.05) is 36.4 Å². The molecule has 2 aromatic carbocycles. The molecule has 9 heteroatoms. The van der Waals surface area contributed by atoms with E-state index < -0.39 is 0 Å². The van der Waals surface area contributed by atoms with Gasteiger partial charge in [0.1, 0.15) is 5.01 Å². The van der Waals surface area contributed by atoms with E-state index in [4.69, 9.17) is 9.47 Å². The molecule has 150 valence electrons. The van der Waals surface area contributed by atoms with E-state index in [-0.39, 0.29) is 0 Å². The Balaban J connectivity index is 1.28. The fraction of sp³-hybridized carbons (Fsp3) is 0.250. The van der Waals surface area contributed by atoms with Crippen LogP contribution in [0.2, 0.25) is 0 Å². The summed E-state index contributed by atoms with van der Waals surface area (Å²) >= 11 is 4.97. The number of para-hydroxylation sites is 1. The van der Waals surface area contributed by atoms with E-state index in [2.05, 4.69) is 26.6 Å². The molecule has 4 rings (SSSR count). The lowest BCUT2D eigenvalue weighted by atomic mass is 10.1. The quantitative estimate of drug-likeness (QED) is 0.360. The van der Waals surface area contributed by atoms with Gasteiger partial charge in [0.05, 0.1) is 30.2 Å². The van der Waals surface area contributed by atoms with Gasteiger partial charge in [-0.05, 0) is 36.2 Å². The number of nitrogens with one attached hydrogen (secondary N) is 1. The van der Waals surface area contributed by atoms with Gasteiger partial charge in [0.15, 0.2) is 15.8 Å². The fourth-order valence-corrected chi connectivity index (χ4v) is 5.53. The molecule has 0 saturated heterocycles. The first-order valence-corrected chi connectivity index (χ1v) is 11.6. The number of hydrogen-bond acceptors (Lipinski definition) is 9. The van der Waals surface area contributed by atoms with Crippen LogP contribution in [0.25, 0.3) is 10.2 Å². The van der Waals surface area contributed by atoms with Gasteiger partial charge in [0.25, 0.3) is 0 Å². The standard InChI is InChI=1S/C20H20N4O2S3/c1-25-15-8-7-13(11-16(15)26-2)9-10-21-19-23-24-20(29-19)27-12-18-22-14-5-3-4-6-17(14)28-18/h3-8,11H,9-10,12H2,1-2H3,(H,21,23). The van der Waals surface area contributed by atoms with Crippen LogP contribution in [0.5, 0.6) is 11.5 Å².